The summed E-state index contributed by atoms with van der Waals surface area (Å²) in [7, 11) is 0. The van der Waals surface area contributed by atoms with E-state index >= 15 is 0 Å². The average molecular weight is 261 g/mol. The van der Waals surface area contributed by atoms with Gasteiger partial charge in [-0.05, 0) is 19.9 Å². The van der Waals surface area contributed by atoms with Gasteiger partial charge in [-0.1, -0.05) is 6.07 Å². The summed E-state index contributed by atoms with van der Waals surface area (Å²) in [5.41, 5.74) is 7.21. The second-order valence-corrected chi connectivity index (χ2v) is 3.70. The minimum absolute atomic E-state index is 0. The lowest BCUT2D eigenvalue weighted by Gasteiger charge is -2.22. The number of anilines is 1. The molecule has 0 aliphatic heterocycles. The van der Waals surface area contributed by atoms with Gasteiger partial charge in [-0.25, -0.2) is 0 Å². The topological polar surface area (TPSA) is 69.7 Å². The molecule has 98 valence electrons. The predicted octanol–water partition coefficient (Wildman–Crippen LogP) is 1.65. The van der Waals surface area contributed by atoms with Gasteiger partial charge in [0.15, 0.2) is 0 Å². The van der Waals surface area contributed by atoms with Gasteiger partial charge in [0.25, 0.3) is 0 Å². The largest absolute Gasteiger partial charge is 0.508 e. The highest BCUT2D eigenvalue weighted by molar-refractivity contribution is 5.85. The van der Waals surface area contributed by atoms with Gasteiger partial charge in [0.1, 0.15) is 5.75 Å². The SMILES string of the molecule is CCN(CC)c1ccc([C@@H](N)CO)c(O)c1.Cl. The first-order chi connectivity index (χ1) is 7.63. The number of nitrogens with zero attached hydrogens (tertiary/aromatic N) is 1. The van der Waals surface area contributed by atoms with E-state index in [1.165, 1.54) is 0 Å². The minimum atomic E-state index is -0.522. The number of phenolic OH excluding ortho intramolecular Hbond substituents is 1. The molecule has 1 rings (SSSR count). The van der Waals surface area contributed by atoms with E-state index in [2.05, 4.69) is 18.7 Å². The zero-order chi connectivity index (χ0) is 12.1. The van der Waals surface area contributed by atoms with Crippen molar-refractivity contribution in [3.63, 3.8) is 0 Å². The molecule has 17 heavy (non-hydrogen) atoms. The molecule has 5 heteroatoms. The van der Waals surface area contributed by atoms with E-state index in [1.54, 1.807) is 12.1 Å². The maximum Gasteiger partial charge on any atom is 0.122 e. The fraction of sp³-hybridized carbons (Fsp3) is 0.500. The Kier molecular flexibility index (Phi) is 6.95. The Bertz CT molecular complexity index is 343. The molecule has 0 aliphatic carbocycles. The lowest BCUT2D eigenvalue weighted by molar-refractivity contribution is 0.265. The number of hydrogen-bond acceptors (Lipinski definition) is 4. The molecule has 0 bridgehead atoms. The summed E-state index contributed by atoms with van der Waals surface area (Å²) in [5.74, 6) is 0.144. The number of nitrogens with two attached hydrogens (primary N) is 1. The van der Waals surface area contributed by atoms with Crippen LogP contribution in [0.15, 0.2) is 18.2 Å². The van der Waals surface area contributed by atoms with Crippen molar-refractivity contribution in [1.29, 1.82) is 0 Å². The predicted molar refractivity (Wildman–Crippen MR) is 72.9 cm³/mol. The number of halogens is 1. The van der Waals surface area contributed by atoms with Gasteiger partial charge in [-0.3, -0.25) is 0 Å². The molecular weight excluding hydrogens is 240 g/mol. The van der Waals surface area contributed by atoms with Crippen molar-refractivity contribution in [3.8, 4) is 5.75 Å². The fourth-order valence-corrected chi connectivity index (χ4v) is 1.73. The number of aliphatic hydroxyl groups excluding tert-OH is 1. The van der Waals surface area contributed by atoms with E-state index in [9.17, 15) is 5.11 Å². The zero-order valence-electron chi connectivity index (χ0n) is 10.3. The van der Waals surface area contributed by atoms with Crippen molar-refractivity contribution in [2.75, 3.05) is 24.6 Å². The quantitative estimate of drug-likeness (QED) is 0.753. The van der Waals surface area contributed by atoms with Crippen molar-refractivity contribution < 1.29 is 10.2 Å². The van der Waals surface area contributed by atoms with Crippen LogP contribution in [-0.4, -0.2) is 29.9 Å². The van der Waals surface area contributed by atoms with Crippen LogP contribution in [0.4, 0.5) is 5.69 Å². The summed E-state index contributed by atoms with van der Waals surface area (Å²) < 4.78 is 0. The standard InChI is InChI=1S/C12H20N2O2.ClH/c1-3-14(4-2)9-5-6-10(11(13)8-15)12(16)7-9;/h5-7,11,15-16H,3-4,8,13H2,1-2H3;1H/t11-;/m0./s1. The normalized spacial score (nSPS) is 11.8. The molecule has 4 nitrogen and oxygen atoms in total. The Morgan fingerprint density at radius 2 is 1.88 bits per heavy atom. The molecule has 0 aromatic heterocycles. The van der Waals surface area contributed by atoms with Crippen molar-refractivity contribution in [1.82, 2.24) is 0 Å². The average Bonchev–Trinajstić information content (AvgIpc) is 2.30. The molecule has 0 spiro atoms. The van der Waals surface area contributed by atoms with E-state index < -0.39 is 6.04 Å². The number of hydrogen-bond donors (Lipinski definition) is 3. The van der Waals surface area contributed by atoms with Crippen LogP contribution >= 0.6 is 12.4 Å². The molecule has 0 heterocycles. The second kappa shape index (κ2) is 7.37. The number of phenols is 1. The number of rotatable bonds is 5. The van der Waals surface area contributed by atoms with Gasteiger partial charge in [-0.2, -0.15) is 0 Å². The maximum absolute atomic E-state index is 9.82. The zero-order valence-corrected chi connectivity index (χ0v) is 11.1. The van der Waals surface area contributed by atoms with E-state index in [0.717, 1.165) is 18.8 Å². The lowest BCUT2D eigenvalue weighted by Crippen LogP contribution is -2.22. The molecule has 0 amide bonds. The summed E-state index contributed by atoms with van der Waals surface area (Å²) in [5, 5.41) is 18.8. The Morgan fingerprint density at radius 3 is 2.29 bits per heavy atom. The van der Waals surface area contributed by atoms with Crippen LogP contribution in [0, 0.1) is 0 Å². The summed E-state index contributed by atoms with van der Waals surface area (Å²) in [6.45, 7) is 5.74. The van der Waals surface area contributed by atoms with Crippen molar-refractivity contribution in [3.05, 3.63) is 23.8 Å². The molecule has 1 aromatic carbocycles. The Hall–Kier alpha value is -0.970. The Morgan fingerprint density at radius 1 is 1.29 bits per heavy atom. The summed E-state index contributed by atoms with van der Waals surface area (Å²) >= 11 is 0. The monoisotopic (exact) mass is 260 g/mol. The molecule has 4 N–H and O–H groups in total. The van der Waals surface area contributed by atoms with E-state index in [0.29, 0.717) is 5.56 Å². The first kappa shape index (κ1) is 16.0. The summed E-state index contributed by atoms with van der Waals surface area (Å²) in [6, 6.07) is 4.85. The molecular formula is C12H21ClN2O2. The third-order valence-corrected chi connectivity index (χ3v) is 2.74. The van der Waals surface area contributed by atoms with Gasteiger partial charge in [-0.15, -0.1) is 12.4 Å². The lowest BCUT2D eigenvalue weighted by atomic mass is 10.1. The van der Waals surface area contributed by atoms with E-state index in [-0.39, 0.29) is 24.8 Å². The van der Waals surface area contributed by atoms with Gasteiger partial charge in [0.2, 0.25) is 0 Å². The molecule has 0 fully saturated rings. The summed E-state index contributed by atoms with van der Waals surface area (Å²) in [6.07, 6.45) is 0. The highest BCUT2D eigenvalue weighted by atomic mass is 35.5. The molecule has 0 saturated carbocycles. The molecule has 0 radical (unpaired) electrons. The van der Waals surface area contributed by atoms with Crippen LogP contribution in [-0.2, 0) is 0 Å². The molecule has 0 unspecified atom stereocenters. The second-order valence-electron chi connectivity index (χ2n) is 3.70. The highest BCUT2D eigenvalue weighted by Crippen LogP contribution is 2.27. The van der Waals surface area contributed by atoms with Crippen LogP contribution in [0.25, 0.3) is 0 Å². The number of aliphatic hydroxyl groups is 1. The Labute approximate surface area is 108 Å². The van der Waals surface area contributed by atoms with Gasteiger partial charge < -0.3 is 20.8 Å². The maximum atomic E-state index is 9.82. The Balaban J connectivity index is 0.00000256. The third kappa shape index (κ3) is 3.77. The molecule has 1 aromatic rings. The van der Waals surface area contributed by atoms with Crippen molar-refractivity contribution in [2.45, 2.75) is 19.9 Å². The molecule has 0 aliphatic rings. The first-order valence-corrected chi connectivity index (χ1v) is 5.58. The van der Waals surface area contributed by atoms with Crippen molar-refractivity contribution in [2.24, 2.45) is 5.73 Å². The smallest absolute Gasteiger partial charge is 0.122 e. The summed E-state index contributed by atoms with van der Waals surface area (Å²) in [4.78, 5) is 2.13. The third-order valence-electron chi connectivity index (χ3n) is 2.74. The van der Waals surface area contributed by atoms with Crippen molar-refractivity contribution >= 4 is 18.1 Å². The van der Waals surface area contributed by atoms with Crippen LogP contribution < -0.4 is 10.6 Å². The van der Waals surface area contributed by atoms with Crippen LogP contribution in [0.1, 0.15) is 25.5 Å². The minimum Gasteiger partial charge on any atom is -0.508 e. The molecule has 1 atom stereocenters. The van der Waals surface area contributed by atoms with Gasteiger partial charge in [0, 0.05) is 30.4 Å². The first-order valence-electron chi connectivity index (χ1n) is 5.58. The van der Waals surface area contributed by atoms with Gasteiger partial charge in [0.05, 0.1) is 12.6 Å². The number of benzene rings is 1. The number of aromatic hydroxyl groups is 1. The highest BCUT2D eigenvalue weighted by Gasteiger charge is 2.11. The van der Waals surface area contributed by atoms with E-state index in [4.69, 9.17) is 10.8 Å². The van der Waals surface area contributed by atoms with Crippen LogP contribution in [0.2, 0.25) is 0 Å². The van der Waals surface area contributed by atoms with E-state index in [1.807, 2.05) is 6.07 Å². The fourth-order valence-electron chi connectivity index (χ4n) is 1.73. The van der Waals surface area contributed by atoms with Crippen LogP contribution in [0.5, 0.6) is 5.75 Å². The van der Waals surface area contributed by atoms with Gasteiger partial charge >= 0.3 is 0 Å². The molecule has 0 saturated heterocycles. The van der Waals surface area contributed by atoms with Crippen LogP contribution in [0.3, 0.4) is 0 Å².